The van der Waals surface area contributed by atoms with Crippen molar-refractivity contribution in [3.8, 4) is 11.3 Å². The lowest BCUT2D eigenvalue weighted by Gasteiger charge is -2.57. The minimum atomic E-state index is -0.364. The van der Waals surface area contributed by atoms with Crippen LogP contribution in [0.4, 0.5) is 11.4 Å². The first-order chi connectivity index (χ1) is 16.0. The molecule has 4 aliphatic rings. The van der Waals surface area contributed by atoms with Gasteiger partial charge in [-0.25, -0.2) is 0 Å². The van der Waals surface area contributed by atoms with Crippen molar-refractivity contribution in [2.45, 2.75) is 50.9 Å². The normalized spacial score (nSPS) is 28.0. The van der Waals surface area contributed by atoms with E-state index in [9.17, 15) is 10.1 Å². The molecule has 4 saturated carbocycles. The van der Waals surface area contributed by atoms with Crippen LogP contribution in [0.1, 0.15) is 55.4 Å². The lowest BCUT2D eigenvalue weighted by Crippen LogP contribution is -2.48. The van der Waals surface area contributed by atoms with Crippen LogP contribution in [0, 0.1) is 34.8 Å². The second kappa shape index (κ2) is 7.68. The maximum Gasteiger partial charge on any atom is 0.273 e. The van der Waals surface area contributed by atoms with E-state index in [1.165, 1.54) is 44.1 Å². The highest BCUT2D eigenvalue weighted by molar-refractivity contribution is 5.80. The lowest BCUT2D eigenvalue weighted by atomic mass is 9.48. The van der Waals surface area contributed by atoms with Crippen LogP contribution >= 0.6 is 0 Å². The minimum absolute atomic E-state index is 0.0956. The molecule has 0 amide bonds. The van der Waals surface area contributed by atoms with Crippen molar-refractivity contribution in [2.24, 2.45) is 22.7 Å². The van der Waals surface area contributed by atoms with E-state index in [0.29, 0.717) is 28.1 Å². The fraction of sp³-hybridized carbons (Fsp3) is 0.393. The summed E-state index contributed by atoms with van der Waals surface area (Å²) in [6.07, 6.45) is 10.2. The van der Waals surface area contributed by atoms with Crippen molar-refractivity contribution < 1.29 is 9.34 Å². The van der Waals surface area contributed by atoms with Crippen LogP contribution in [0.15, 0.2) is 64.0 Å². The summed E-state index contributed by atoms with van der Waals surface area (Å²) in [4.78, 5) is 15.5. The number of furan rings is 1. The molecule has 4 fully saturated rings. The van der Waals surface area contributed by atoms with Gasteiger partial charge in [-0.05, 0) is 98.4 Å². The van der Waals surface area contributed by atoms with Crippen LogP contribution in [-0.2, 0) is 5.41 Å². The number of benzene rings is 2. The molecule has 5 nitrogen and oxygen atoms in total. The van der Waals surface area contributed by atoms with Gasteiger partial charge in [0.25, 0.3) is 5.69 Å². The standard InChI is InChI=1S/C28H28N2O3/c1-18-2-3-22(13-26(18)30(31)32)27-9-8-25(33-27)17-29-24-6-4-23(5-7-24)28-14-19-10-20(15-28)12-21(11-19)16-28/h2-9,13,17,19-21H,10-12,14-16H2,1H3. The molecule has 5 heteroatoms. The lowest BCUT2D eigenvalue weighted by molar-refractivity contribution is -0.385. The Labute approximate surface area is 193 Å². The second-order valence-corrected chi connectivity index (χ2v) is 10.5. The molecule has 4 aliphatic carbocycles. The average Bonchev–Trinajstić information content (AvgIpc) is 3.26. The number of rotatable bonds is 5. The zero-order valence-corrected chi connectivity index (χ0v) is 18.9. The summed E-state index contributed by atoms with van der Waals surface area (Å²) in [6, 6.07) is 17.6. The van der Waals surface area contributed by atoms with Crippen LogP contribution in [0.3, 0.4) is 0 Å². The molecule has 168 valence electrons. The average molecular weight is 441 g/mol. The molecular formula is C28H28N2O3. The number of nitro groups is 1. The highest BCUT2D eigenvalue weighted by Gasteiger charge is 2.51. The van der Waals surface area contributed by atoms with E-state index in [-0.39, 0.29) is 10.6 Å². The van der Waals surface area contributed by atoms with Gasteiger partial charge in [0.2, 0.25) is 0 Å². The van der Waals surface area contributed by atoms with E-state index in [1.807, 2.05) is 18.2 Å². The van der Waals surface area contributed by atoms with Gasteiger partial charge in [-0.2, -0.15) is 0 Å². The van der Waals surface area contributed by atoms with Crippen LogP contribution in [0.25, 0.3) is 11.3 Å². The zero-order chi connectivity index (χ0) is 22.6. The first-order valence-corrected chi connectivity index (χ1v) is 12.0. The van der Waals surface area contributed by atoms with Crippen molar-refractivity contribution in [1.29, 1.82) is 0 Å². The maximum atomic E-state index is 11.2. The Morgan fingerprint density at radius 1 is 0.970 bits per heavy atom. The molecule has 7 rings (SSSR count). The largest absolute Gasteiger partial charge is 0.455 e. The van der Waals surface area contributed by atoms with Crippen LogP contribution < -0.4 is 0 Å². The summed E-state index contributed by atoms with van der Waals surface area (Å²) in [6.45, 7) is 1.73. The summed E-state index contributed by atoms with van der Waals surface area (Å²) >= 11 is 0. The van der Waals surface area contributed by atoms with Crippen molar-refractivity contribution >= 4 is 17.6 Å². The third-order valence-corrected chi connectivity index (χ3v) is 8.18. The summed E-state index contributed by atoms with van der Waals surface area (Å²) in [5, 5.41) is 11.2. The molecule has 0 aliphatic heterocycles. The molecule has 4 bridgehead atoms. The number of nitro benzene ring substituents is 1. The van der Waals surface area contributed by atoms with Gasteiger partial charge in [-0.1, -0.05) is 24.3 Å². The zero-order valence-electron chi connectivity index (χ0n) is 18.9. The number of hydrogen-bond donors (Lipinski definition) is 0. The molecule has 0 saturated heterocycles. The van der Waals surface area contributed by atoms with Gasteiger partial charge >= 0.3 is 0 Å². The van der Waals surface area contributed by atoms with E-state index in [2.05, 4.69) is 29.3 Å². The Bertz CT molecular complexity index is 1200. The number of aryl methyl sites for hydroxylation is 1. The van der Waals surface area contributed by atoms with E-state index >= 15 is 0 Å². The Hall–Kier alpha value is -3.21. The third kappa shape index (κ3) is 3.69. The second-order valence-electron chi connectivity index (χ2n) is 10.5. The summed E-state index contributed by atoms with van der Waals surface area (Å²) in [5.74, 6) is 4.04. The molecule has 3 aromatic rings. The maximum absolute atomic E-state index is 11.2. The van der Waals surface area contributed by atoms with E-state index in [1.54, 1.807) is 25.3 Å². The van der Waals surface area contributed by atoms with Gasteiger partial charge in [-0.3, -0.25) is 15.1 Å². The van der Waals surface area contributed by atoms with E-state index in [4.69, 9.17) is 4.42 Å². The predicted molar refractivity (Wildman–Crippen MR) is 129 cm³/mol. The fourth-order valence-corrected chi connectivity index (χ4v) is 7.04. The monoisotopic (exact) mass is 440 g/mol. The Balaban J connectivity index is 1.18. The molecule has 33 heavy (non-hydrogen) atoms. The number of aliphatic imine (C=N–C) groups is 1. The molecule has 0 N–H and O–H groups in total. The van der Waals surface area contributed by atoms with Gasteiger partial charge in [0.1, 0.15) is 11.5 Å². The van der Waals surface area contributed by atoms with Gasteiger partial charge in [0.05, 0.1) is 16.8 Å². The van der Waals surface area contributed by atoms with Gasteiger partial charge in [0.15, 0.2) is 0 Å². The van der Waals surface area contributed by atoms with Crippen LogP contribution in [-0.4, -0.2) is 11.1 Å². The molecule has 2 aromatic carbocycles. The van der Waals surface area contributed by atoms with Crippen molar-refractivity contribution in [2.75, 3.05) is 0 Å². The van der Waals surface area contributed by atoms with Crippen molar-refractivity contribution in [1.82, 2.24) is 0 Å². The van der Waals surface area contributed by atoms with Gasteiger partial charge < -0.3 is 4.42 Å². The topological polar surface area (TPSA) is 68.6 Å². The van der Waals surface area contributed by atoms with E-state index < -0.39 is 0 Å². The Kier molecular flexibility index (Phi) is 4.75. The van der Waals surface area contributed by atoms with Gasteiger partial charge in [-0.15, -0.1) is 0 Å². The van der Waals surface area contributed by atoms with Crippen molar-refractivity contribution in [3.05, 3.63) is 81.6 Å². The Morgan fingerprint density at radius 3 is 2.27 bits per heavy atom. The SMILES string of the molecule is Cc1ccc(-c2ccc(C=Nc3ccc(C45CC6CC(CC(C6)C4)C5)cc3)o2)cc1[N+](=O)[O-]. The summed E-state index contributed by atoms with van der Waals surface area (Å²) in [7, 11) is 0. The number of hydrogen-bond acceptors (Lipinski definition) is 4. The molecule has 0 spiro atoms. The smallest absolute Gasteiger partial charge is 0.273 e. The molecule has 1 aromatic heterocycles. The van der Waals surface area contributed by atoms with Gasteiger partial charge in [0, 0.05) is 17.2 Å². The molecule has 0 unspecified atom stereocenters. The highest BCUT2D eigenvalue weighted by Crippen LogP contribution is 2.60. The first-order valence-electron chi connectivity index (χ1n) is 12.0. The summed E-state index contributed by atoms with van der Waals surface area (Å²) < 4.78 is 5.88. The molecule has 0 atom stereocenters. The summed E-state index contributed by atoms with van der Waals surface area (Å²) in [5.41, 5.74) is 4.23. The minimum Gasteiger partial charge on any atom is -0.455 e. The Morgan fingerprint density at radius 2 is 1.64 bits per heavy atom. The highest BCUT2D eigenvalue weighted by atomic mass is 16.6. The third-order valence-electron chi connectivity index (χ3n) is 8.18. The number of nitrogens with zero attached hydrogens (tertiary/aromatic N) is 2. The van der Waals surface area contributed by atoms with Crippen molar-refractivity contribution in [3.63, 3.8) is 0 Å². The first kappa shape index (κ1) is 20.4. The molecule has 0 radical (unpaired) electrons. The molecule has 1 heterocycles. The fourth-order valence-electron chi connectivity index (χ4n) is 7.04. The van der Waals surface area contributed by atoms with Crippen LogP contribution in [0.2, 0.25) is 0 Å². The quantitative estimate of drug-likeness (QED) is 0.236. The van der Waals surface area contributed by atoms with Crippen LogP contribution in [0.5, 0.6) is 0 Å². The molecular weight excluding hydrogens is 412 g/mol. The predicted octanol–water partition coefficient (Wildman–Crippen LogP) is 7.38. The van der Waals surface area contributed by atoms with E-state index in [0.717, 1.165) is 23.4 Å².